The normalized spacial score (nSPS) is 29.3. The van der Waals surface area contributed by atoms with Crippen molar-refractivity contribution in [2.24, 2.45) is 28.6 Å². The zero-order chi connectivity index (χ0) is 53.4. The molecular weight excluding hydrogens is 1020 g/mol. The van der Waals surface area contributed by atoms with Crippen LogP contribution >= 0.6 is 46.4 Å². The van der Waals surface area contributed by atoms with Crippen molar-refractivity contribution in [3.8, 4) is 0 Å². The Hall–Kier alpha value is -3.98. The fourth-order valence-corrected chi connectivity index (χ4v) is 13.9. The Balaban J connectivity index is 0.000000165. The number of piperazine rings is 1. The topological polar surface area (TPSA) is 144 Å². The van der Waals surface area contributed by atoms with Crippen LogP contribution in [0.15, 0.2) is 127 Å². The Kier molecular flexibility index (Phi) is 19.5. The number of halogens is 4. The minimum Gasteiger partial charge on any atom is -0.480 e. The number of hydrogen-bond acceptors (Lipinski definition) is 10. The van der Waals surface area contributed by atoms with Gasteiger partial charge >= 0.3 is 5.97 Å². The van der Waals surface area contributed by atoms with Crippen molar-refractivity contribution >= 4 is 63.9 Å². The molecule has 3 saturated carbocycles. The maximum absolute atomic E-state index is 12.7. The number of alkyl halides is 2. The van der Waals surface area contributed by atoms with Crippen molar-refractivity contribution in [3.05, 3.63) is 159 Å². The molecule has 5 aliphatic rings. The Labute approximate surface area is 457 Å². The summed E-state index contributed by atoms with van der Waals surface area (Å²) in [4.78, 5) is 45.7. The van der Waals surface area contributed by atoms with Crippen molar-refractivity contribution in [1.29, 1.82) is 0 Å². The average Bonchev–Trinajstić information content (AvgIpc) is 3.59. The van der Waals surface area contributed by atoms with Gasteiger partial charge in [0, 0.05) is 71.4 Å². The highest BCUT2D eigenvalue weighted by molar-refractivity contribution is 6.31. The fraction of sp³-hybridized carbons (Fsp3) is 0.492. The van der Waals surface area contributed by atoms with Gasteiger partial charge in [-0.1, -0.05) is 116 Å². The van der Waals surface area contributed by atoms with E-state index in [-0.39, 0.29) is 54.3 Å². The summed E-state index contributed by atoms with van der Waals surface area (Å²) in [5.74, 6) is -1.61. The van der Waals surface area contributed by atoms with E-state index in [1.807, 2.05) is 75.5 Å². The van der Waals surface area contributed by atoms with Crippen LogP contribution in [-0.2, 0) is 19.1 Å². The van der Waals surface area contributed by atoms with Crippen molar-refractivity contribution in [3.63, 3.8) is 0 Å². The number of Topliss-reactive ketones (excluding diaryl/α,β-unsaturated/α-hetero) is 1. The third kappa shape index (κ3) is 12.2. The molecule has 0 spiro atoms. The van der Waals surface area contributed by atoms with Gasteiger partial charge in [0.1, 0.15) is 12.2 Å². The van der Waals surface area contributed by atoms with Crippen LogP contribution in [-0.4, -0.2) is 142 Å². The van der Waals surface area contributed by atoms with E-state index in [4.69, 9.17) is 56.2 Å². The summed E-state index contributed by atoms with van der Waals surface area (Å²) in [6, 6.07) is 33.0. The first-order valence-corrected chi connectivity index (χ1v) is 27.4. The van der Waals surface area contributed by atoms with Crippen molar-refractivity contribution in [2.75, 3.05) is 72.5 Å². The number of carboxylic acids is 1. The number of hydrogen-bond donors (Lipinski definition) is 3. The average molecular weight is 1090 g/mol. The molecule has 0 amide bonds. The minimum absolute atomic E-state index is 0.00929. The minimum atomic E-state index is -1.56. The molecular formula is C59H72Cl4N4O7. The van der Waals surface area contributed by atoms with Crippen LogP contribution in [0.3, 0.4) is 0 Å². The number of rotatable bonds is 15. The van der Waals surface area contributed by atoms with E-state index in [0.29, 0.717) is 18.9 Å². The van der Waals surface area contributed by atoms with Gasteiger partial charge in [-0.15, -0.1) is 23.2 Å². The standard InChI is InChI=1S/C22H28Cl2O4.C21H25ClN2O3.C16H19ClN2/c1-12-8-16-15-5-4-13-9-14(25)6-7-19(13,2)21(15,24)17(26)10-20(16,3)22(12,28)18(27)11-23;22-19-8-6-18(7-9-19)21(17-4-2-1-3-5-17)24-12-10-23(11-13-24)14-15-27-16-20(25)26;1-19(2)12-10-15(16-5-3-4-11-18-16)13-6-8-14(17)9-7-13/h6-7,9,12,15-17,26,28H,4-5,8,10-11H2,1-3H3;1-9,21H,10-16H2,(H,25,26);3-9,11,15H,10,12H2,1-2H3/t12-,15+,16+,17+,19+,20+,21+,22+;;/m1../s1. The number of carbonyl (C=O) groups is 3. The highest BCUT2D eigenvalue weighted by atomic mass is 35.5. The number of nitrogens with zero attached hydrogens (tertiary/aromatic N) is 4. The molecule has 0 bridgehead atoms. The van der Waals surface area contributed by atoms with E-state index in [1.54, 1.807) is 12.2 Å². The molecule has 2 unspecified atom stereocenters. The van der Waals surface area contributed by atoms with Gasteiger partial charge in [0.15, 0.2) is 11.6 Å². The number of carboxylic acid groups (broad SMARTS) is 1. The van der Waals surface area contributed by atoms with E-state index in [9.17, 15) is 24.6 Å². The SMILES string of the molecule is CN(C)CCC(c1ccc(Cl)cc1)c1ccccn1.C[C@@H]1C[C@H]2[C@@H]3CCC4=CC(=O)C=C[C@]4(C)[C@@]3(Cl)[C@@H](O)C[C@]2(C)[C@@]1(O)C(=O)CCl.O=C(O)COCCN1CCN(C(c2ccccc2)c2ccc(Cl)cc2)CC1. The summed E-state index contributed by atoms with van der Waals surface area (Å²) >= 11 is 25.2. The molecule has 9 rings (SSSR count). The first-order valence-electron chi connectivity index (χ1n) is 25.8. The first-order chi connectivity index (χ1) is 35.3. The molecule has 1 saturated heterocycles. The lowest BCUT2D eigenvalue weighted by Crippen LogP contribution is -2.68. The molecule has 2 heterocycles. The van der Waals surface area contributed by atoms with E-state index >= 15 is 0 Å². The second-order valence-corrected chi connectivity index (χ2v) is 23.1. The number of benzene rings is 3. The van der Waals surface area contributed by atoms with Gasteiger partial charge in [-0.05, 0) is 136 Å². The first kappa shape index (κ1) is 57.7. The fourth-order valence-electron chi connectivity index (χ4n) is 12.9. The van der Waals surface area contributed by atoms with E-state index in [1.165, 1.54) is 16.7 Å². The summed E-state index contributed by atoms with van der Waals surface area (Å²) < 4.78 is 5.15. The molecule has 15 heteroatoms. The van der Waals surface area contributed by atoms with Crippen LogP contribution in [0.2, 0.25) is 10.0 Å². The Morgan fingerprint density at radius 2 is 1.50 bits per heavy atom. The zero-order valence-electron chi connectivity index (χ0n) is 43.2. The Morgan fingerprint density at radius 3 is 2.09 bits per heavy atom. The smallest absolute Gasteiger partial charge is 0.329 e. The predicted octanol–water partition coefficient (Wildman–Crippen LogP) is 10.4. The monoisotopic (exact) mass is 1090 g/mol. The van der Waals surface area contributed by atoms with E-state index < -0.39 is 33.4 Å². The van der Waals surface area contributed by atoms with Crippen molar-refractivity contribution < 1.29 is 34.4 Å². The molecule has 4 fully saturated rings. The zero-order valence-corrected chi connectivity index (χ0v) is 46.2. The molecule has 11 nitrogen and oxygen atoms in total. The molecule has 0 radical (unpaired) electrons. The van der Waals surface area contributed by atoms with Crippen LogP contribution in [0.4, 0.5) is 0 Å². The van der Waals surface area contributed by atoms with Crippen LogP contribution in [0.25, 0.3) is 0 Å². The van der Waals surface area contributed by atoms with Gasteiger partial charge in [0.25, 0.3) is 0 Å². The Bertz CT molecular complexity index is 2580. The second kappa shape index (κ2) is 25.0. The number of aliphatic hydroxyl groups is 2. The molecule has 3 N–H and O–H groups in total. The quantitative estimate of drug-likeness (QED) is 0.0773. The number of pyridine rings is 1. The third-order valence-electron chi connectivity index (χ3n) is 16.8. The molecule has 74 heavy (non-hydrogen) atoms. The number of aliphatic hydroxyl groups excluding tert-OH is 1. The summed E-state index contributed by atoms with van der Waals surface area (Å²) in [5.41, 5.74) is 2.89. The highest BCUT2D eigenvalue weighted by Gasteiger charge is 2.74. The van der Waals surface area contributed by atoms with E-state index in [0.717, 1.165) is 79.8 Å². The number of ketones is 2. The predicted molar refractivity (Wildman–Crippen MR) is 295 cm³/mol. The van der Waals surface area contributed by atoms with Gasteiger partial charge in [0.05, 0.1) is 29.5 Å². The summed E-state index contributed by atoms with van der Waals surface area (Å²) in [7, 11) is 4.19. The number of allylic oxidation sites excluding steroid dienone is 4. The van der Waals surface area contributed by atoms with Gasteiger partial charge in [0.2, 0.25) is 0 Å². The largest absolute Gasteiger partial charge is 0.480 e. The third-order valence-corrected chi connectivity index (χ3v) is 18.5. The molecule has 10 atom stereocenters. The summed E-state index contributed by atoms with van der Waals surface area (Å²) in [6.45, 7) is 11.6. The van der Waals surface area contributed by atoms with Crippen LogP contribution < -0.4 is 0 Å². The molecule has 4 aromatic rings. The summed E-state index contributed by atoms with van der Waals surface area (Å²) in [6.07, 6.45) is 9.37. The second-order valence-electron chi connectivity index (χ2n) is 21.4. The highest BCUT2D eigenvalue weighted by Crippen LogP contribution is 2.71. The maximum Gasteiger partial charge on any atom is 0.329 e. The van der Waals surface area contributed by atoms with Crippen LogP contribution in [0.1, 0.15) is 87.2 Å². The molecule has 1 aliphatic heterocycles. The van der Waals surface area contributed by atoms with Gasteiger partial charge in [-0.3, -0.25) is 24.4 Å². The van der Waals surface area contributed by atoms with Crippen molar-refractivity contribution in [2.45, 2.75) is 81.4 Å². The van der Waals surface area contributed by atoms with Gasteiger partial charge in [-0.2, -0.15) is 0 Å². The maximum atomic E-state index is 12.7. The lowest BCUT2D eigenvalue weighted by molar-refractivity contribution is -0.175. The van der Waals surface area contributed by atoms with Gasteiger partial charge in [-0.25, -0.2) is 4.79 Å². The number of aliphatic carboxylic acids is 1. The van der Waals surface area contributed by atoms with Crippen LogP contribution in [0, 0.1) is 28.6 Å². The Morgan fingerprint density at radius 1 is 0.878 bits per heavy atom. The molecule has 3 aromatic carbocycles. The molecule has 398 valence electrons. The van der Waals surface area contributed by atoms with E-state index in [2.05, 4.69) is 88.4 Å². The lowest BCUT2D eigenvalue weighted by atomic mass is 9.45. The van der Waals surface area contributed by atoms with Crippen LogP contribution in [0.5, 0.6) is 0 Å². The number of fused-ring (bicyclic) bond motifs is 5. The number of aromatic nitrogens is 1. The number of ether oxygens (including phenoxy) is 1. The van der Waals surface area contributed by atoms with Gasteiger partial charge < -0.3 is 25.0 Å². The van der Waals surface area contributed by atoms with Crippen molar-refractivity contribution in [1.82, 2.24) is 19.7 Å². The lowest BCUT2D eigenvalue weighted by Gasteiger charge is -2.63. The molecule has 1 aromatic heterocycles. The summed E-state index contributed by atoms with van der Waals surface area (Å²) in [5, 5.41) is 33.1. The number of carbonyl (C=O) groups excluding carboxylic acids is 2. The molecule has 4 aliphatic carbocycles.